The van der Waals surface area contributed by atoms with E-state index in [1.165, 1.54) is 0 Å². The molecule has 0 spiro atoms. The molecule has 3 N–H and O–H groups in total. The summed E-state index contributed by atoms with van der Waals surface area (Å²) >= 11 is 0. The Bertz CT molecular complexity index is 1340. The minimum absolute atomic E-state index is 0.493. The lowest BCUT2D eigenvalue weighted by Gasteiger charge is -2.37. The van der Waals surface area contributed by atoms with Gasteiger partial charge in [-0.3, -0.25) is 0 Å². The van der Waals surface area contributed by atoms with Crippen LogP contribution in [0.5, 0.6) is 5.75 Å². The predicted molar refractivity (Wildman–Crippen MR) is 144 cm³/mol. The number of hydrogen-bond acceptors (Lipinski definition) is 7. The van der Waals surface area contributed by atoms with Crippen molar-refractivity contribution in [3.8, 4) is 17.0 Å². The quantitative estimate of drug-likeness (QED) is 0.401. The average molecular weight is 472 g/mol. The number of aryl methyl sites for hydroxylation is 1. The topological polar surface area (TPSA) is 84.5 Å². The number of hydrogen-bond donors (Lipinski definition) is 2. The summed E-state index contributed by atoms with van der Waals surface area (Å²) < 4.78 is 7.84. The first-order valence-corrected chi connectivity index (χ1v) is 12.0. The second kappa shape index (κ2) is 9.46. The van der Waals surface area contributed by atoms with E-state index in [-0.39, 0.29) is 0 Å². The fourth-order valence-electron chi connectivity index (χ4n) is 4.98. The van der Waals surface area contributed by atoms with Crippen LogP contribution >= 0.6 is 0 Å². The van der Waals surface area contributed by atoms with Crippen molar-refractivity contribution in [3.05, 3.63) is 54.9 Å². The number of piperidine rings is 1. The molecule has 3 heterocycles. The third-order valence-electron chi connectivity index (χ3n) is 6.96. The first-order valence-electron chi connectivity index (χ1n) is 12.0. The second-order valence-corrected chi connectivity index (χ2v) is 9.35. The molecule has 5 rings (SSSR count). The summed E-state index contributed by atoms with van der Waals surface area (Å²) in [5.41, 5.74) is 12.1. The molecule has 35 heavy (non-hydrogen) atoms. The number of nitrogens with zero attached hydrogens (tertiary/aromatic N) is 5. The van der Waals surface area contributed by atoms with Crippen LogP contribution in [0.4, 0.5) is 23.0 Å². The van der Waals surface area contributed by atoms with E-state index in [9.17, 15) is 0 Å². The summed E-state index contributed by atoms with van der Waals surface area (Å²) in [4.78, 5) is 13.9. The maximum absolute atomic E-state index is 6.52. The molecule has 0 saturated carbocycles. The number of rotatable bonds is 6. The van der Waals surface area contributed by atoms with Gasteiger partial charge < -0.3 is 30.2 Å². The summed E-state index contributed by atoms with van der Waals surface area (Å²) in [6.07, 6.45) is 6.10. The Morgan fingerprint density at radius 2 is 1.89 bits per heavy atom. The molecule has 1 aliphatic heterocycles. The molecule has 0 bridgehead atoms. The predicted octanol–water partition coefficient (Wildman–Crippen LogP) is 4.50. The van der Waals surface area contributed by atoms with Crippen molar-refractivity contribution >= 4 is 33.9 Å². The molecule has 4 aromatic rings. The maximum Gasteiger partial charge on any atom is 0.227 e. The van der Waals surface area contributed by atoms with Gasteiger partial charge in [0.1, 0.15) is 5.75 Å². The normalized spacial score (nSPS) is 14.6. The van der Waals surface area contributed by atoms with Gasteiger partial charge in [0.2, 0.25) is 5.95 Å². The molecule has 1 aliphatic rings. The highest BCUT2D eigenvalue weighted by Gasteiger charge is 2.23. The van der Waals surface area contributed by atoms with Crippen LogP contribution in [0.15, 0.2) is 54.9 Å². The van der Waals surface area contributed by atoms with Crippen LogP contribution in [-0.2, 0) is 7.05 Å². The van der Waals surface area contributed by atoms with Crippen LogP contribution in [0, 0.1) is 0 Å². The molecule has 2 aromatic heterocycles. The van der Waals surface area contributed by atoms with E-state index in [0.29, 0.717) is 23.4 Å². The third kappa shape index (κ3) is 4.49. The zero-order chi connectivity index (χ0) is 24.5. The van der Waals surface area contributed by atoms with Gasteiger partial charge in [-0.1, -0.05) is 18.2 Å². The molecular weight excluding hydrogens is 438 g/mol. The van der Waals surface area contributed by atoms with Crippen molar-refractivity contribution in [3.63, 3.8) is 0 Å². The first kappa shape index (κ1) is 23.0. The highest BCUT2D eigenvalue weighted by Crippen LogP contribution is 2.38. The summed E-state index contributed by atoms with van der Waals surface area (Å²) in [5, 5.41) is 4.48. The van der Waals surface area contributed by atoms with Crippen LogP contribution in [0.3, 0.4) is 0 Å². The standard InChI is InChI=1S/C27H33N7O/c1-32(2)18-10-13-34(14-11-18)25-16-26(35-4)23(15-21(25)28)31-27-29-12-9-22(30-27)20-17-33(3)24-8-6-5-7-19(20)24/h5-9,12,15-18H,10-11,13-14,28H2,1-4H3,(H,29,30,31). The van der Waals surface area contributed by atoms with E-state index < -0.39 is 0 Å². The van der Waals surface area contributed by atoms with Crippen molar-refractivity contribution in [2.45, 2.75) is 18.9 Å². The lowest BCUT2D eigenvalue weighted by Crippen LogP contribution is -2.42. The van der Waals surface area contributed by atoms with E-state index in [0.717, 1.165) is 59.5 Å². The van der Waals surface area contributed by atoms with Crippen molar-refractivity contribution in [2.24, 2.45) is 7.05 Å². The largest absolute Gasteiger partial charge is 0.494 e. The molecule has 2 aromatic carbocycles. The maximum atomic E-state index is 6.52. The fraction of sp³-hybridized carbons (Fsp3) is 0.333. The molecule has 1 fully saturated rings. The number of methoxy groups -OCH3 is 1. The molecule has 0 unspecified atom stereocenters. The van der Waals surface area contributed by atoms with Gasteiger partial charge in [0.15, 0.2) is 0 Å². The molecule has 0 radical (unpaired) electrons. The molecule has 1 saturated heterocycles. The first-order chi connectivity index (χ1) is 16.9. The van der Waals surface area contributed by atoms with E-state index in [4.69, 9.17) is 15.5 Å². The number of nitrogen functional groups attached to an aromatic ring is 1. The molecular formula is C27H33N7O. The van der Waals surface area contributed by atoms with E-state index in [2.05, 4.69) is 57.1 Å². The van der Waals surface area contributed by atoms with Crippen molar-refractivity contribution in [1.29, 1.82) is 0 Å². The molecule has 8 heteroatoms. The smallest absolute Gasteiger partial charge is 0.227 e. The molecule has 8 nitrogen and oxygen atoms in total. The van der Waals surface area contributed by atoms with Gasteiger partial charge in [0, 0.05) is 61.1 Å². The van der Waals surface area contributed by atoms with Crippen LogP contribution in [0.1, 0.15) is 12.8 Å². The van der Waals surface area contributed by atoms with Crippen molar-refractivity contribution in [2.75, 3.05) is 50.2 Å². The van der Waals surface area contributed by atoms with E-state index >= 15 is 0 Å². The number of anilines is 4. The summed E-state index contributed by atoms with van der Waals surface area (Å²) in [6.45, 7) is 1.94. The van der Waals surface area contributed by atoms with Crippen LogP contribution in [-0.4, -0.2) is 59.8 Å². The number of aromatic nitrogens is 3. The Hall–Kier alpha value is -3.78. The highest BCUT2D eigenvalue weighted by molar-refractivity contribution is 5.95. The van der Waals surface area contributed by atoms with Gasteiger partial charge in [-0.05, 0) is 45.1 Å². The van der Waals surface area contributed by atoms with Crippen molar-refractivity contribution in [1.82, 2.24) is 19.4 Å². The number of nitrogens with one attached hydrogen (secondary N) is 1. The minimum Gasteiger partial charge on any atom is -0.494 e. The molecule has 0 atom stereocenters. The number of benzene rings is 2. The van der Waals surface area contributed by atoms with Gasteiger partial charge in [-0.25, -0.2) is 9.97 Å². The van der Waals surface area contributed by atoms with Crippen molar-refractivity contribution < 1.29 is 4.74 Å². The minimum atomic E-state index is 0.493. The summed E-state index contributed by atoms with van der Waals surface area (Å²) in [5.74, 6) is 1.20. The molecule has 0 amide bonds. The van der Waals surface area contributed by atoms with Crippen LogP contribution < -0.4 is 20.7 Å². The summed E-state index contributed by atoms with van der Waals surface area (Å²) in [7, 11) is 8.02. The number of para-hydroxylation sites is 1. The Kier molecular flexibility index (Phi) is 6.21. The zero-order valence-corrected chi connectivity index (χ0v) is 20.8. The Labute approximate surface area is 206 Å². The van der Waals surface area contributed by atoms with Gasteiger partial charge in [0.05, 0.1) is 29.9 Å². The molecule has 182 valence electrons. The van der Waals surface area contributed by atoms with Gasteiger partial charge in [0.25, 0.3) is 0 Å². The fourth-order valence-corrected chi connectivity index (χ4v) is 4.98. The number of fused-ring (bicyclic) bond motifs is 1. The zero-order valence-electron chi connectivity index (χ0n) is 20.8. The number of ether oxygens (including phenoxy) is 1. The Morgan fingerprint density at radius 3 is 2.63 bits per heavy atom. The van der Waals surface area contributed by atoms with Crippen LogP contribution in [0.2, 0.25) is 0 Å². The van der Waals surface area contributed by atoms with E-state index in [1.807, 2.05) is 37.4 Å². The Morgan fingerprint density at radius 1 is 1.11 bits per heavy atom. The Balaban J connectivity index is 1.41. The lowest BCUT2D eigenvalue weighted by atomic mass is 10.0. The number of nitrogens with two attached hydrogens (primary N) is 1. The summed E-state index contributed by atoms with van der Waals surface area (Å²) in [6, 6.07) is 14.8. The second-order valence-electron chi connectivity index (χ2n) is 9.35. The third-order valence-corrected chi connectivity index (χ3v) is 6.96. The van der Waals surface area contributed by atoms with E-state index in [1.54, 1.807) is 13.3 Å². The van der Waals surface area contributed by atoms with Gasteiger partial charge in [-0.15, -0.1) is 0 Å². The highest BCUT2D eigenvalue weighted by atomic mass is 16.5. The van der Waals surface area contributed by atoms with Gasteiger partial charge >= 0.3 is 0 Å². The average Bonchev–Trinajstić information content (AvgIpc) is 3.21. The lowest BCUT2D eigenvalue weighted by molar-refractivity contribution is 0.249. The molecule has 0 aliphatic carbocycles. The van der Waals surface area contributed by atoms with Crippen LogP contribution in [0.25, 0.3) is 22.2 Å². The monoisotopic (exact) mass is 471 g/mol. The van der Waals surface area contributed by atoms with Gasteiger partial charge in [-0.2, -0.15) is 0 Å². The SMILES string of the molecule is COc1cc(N2CCC(N(C)C)CC2)c(N)cc1Nc1nccc(-c2cn(C)c3ccccc23)n1.